The highest BCUT2D eigenvalue weighted by molar-refractivity contribution is 7.89. The molecule has 0 atom stereocenters. The summed E-state index contributed by atoms with van der Waals surface area (Å²) >= 11 is 0. The third-order valence-corrected chi connectivity index (χ3v) is 7.64. The predicted molar refractivity (Wildman–Crippen MR) is 111 cm³/mol. The van der Waals surface area contributed by atoms with Crippen LogP contribution in [-0.2, 0) is 23.0 Å². The first-order chi connectivity index (χ1) is 13.3. The van der Waals surface area contributed by atoms with Crippen molar-refractivity contribution in [3.63, 3.8) is 0 Å². The van der Waals surface area contributed by atoms with E-state index in [9.17, 15) is 8.42 Å². The van der Waals surface area contributed by atoms with Crippen LogP contribution >= 0.6 is 0 Å². The van der Waals surface area contributed by atoms with Gasteiger partial charge in [-0.15, -0.1) is 0 Å². The first-order valence-corrected chi connectivity index (χ1v) is 11.0. The third-order valence-electron chi connectivity index (χ3n) is 5.63. The minimum atomic E-state index is -3.57. The van der Waals surface area contributed by atoms with Crippen LogP contribution in [-0.4, -0.2) is 31.4 Å². The lowest BCUT2D eigenvalue weighted by atomic mass is 9.99. The molecule has 1 N–H and O–H groups in total. The maximum Gasteiger partial charge on any atom is 0.243 e. The smallest absolute Gasteiger partial charge is 0.243 e. The number of fused-ring (bicyclic) bond motifs is 3. The lowest BCUT2D eigenvalue weighted by Crippen LogP contribution is -2.36. The van der Waals surface area contributed by atoms with E-state index in [-0.39, 0.29) is 0 Å². The van der Waals surface area contributed by atoms with Crippen LogP contribution < -0.4 is 4.74 Å². The number of nitrogens with one attached hydrogen (secondary N) is 1. The van der Waals surface area contributed by atoms with Gasteiger partial charge in [-0.3, -0.25) is 0 Å². The molecule has 0 bridgehead atoms. The van der Waals surface area contributed by atoms with Crippen LogP contribution in [0.3, 0.4) is 0 Å². The second-order valence-corrected chi connectivity index (χ2v) is 9.67. The minimum absolute atomic E-state index is 0.347. The molecule has 6 heteroatoms. The number of aromatic nitrogens is 1. The van der Waals surface area contributed by atoms with E-state index in [1.807, 2.05) is 6.92 Å². The molecule has 0 unspecified atom stereocenters. The van der Waals surface area contributed by atoms with Crippen molar-refractivity contribution in [2.75, 3.05) is 13.7 Å². The summed E-state index contributed by atoms with van der Waals surface area (Å²) in [6.45, 7) is 7.02. The zero-order chi connectivity index (χ0) is 20.1. The molecule has 0 saturated heterocycles. The molecule has 1 aliphatic heterocycles. The average molecular weight is 399 g/mol. The Labute approximate surface area is 166 Å². The third kappa shape index (κ3) is 3.10. The van der Waals surface area contributed by atoms with Gasteiger partial charge in [-0.05, 0) is 59.9 Å². The molecule has 2 heterocycles. The Morgan fingerprint density at radius 3 is 2.61 bits per heavy atom. The molecule has 4 rings (SSSR count). The standard InChI is InChI=1S/C22H26N2O3S/c1-14(2)16-5-7-20-18(12-16)19-13-24(10-9-21(19)23-20)28(25,26)22-8-6-17(27-4)11-15(22)3/h5-8,11-12,14,23H,9-10,13H2,1-4H3. The number of H-pyrrole nitrogens is 1. The molecule has 148 valence electrons. The number of rotatable bonds is 4. The fourth-order valence-electron chi connectivity index (χ4n) is 3.95. The van der Waals surface area contributed by atoms with Crippen LogP contribution in [0.25, 0.3) is 10.9 Å². The van der Waals surface area contributed by atoms with Crippen molar-refractivity contribution >= 4 is 20.9 Å². The summed E-state index contributed by atoms with van der Waals surface area (Å²) in [5, 5.41) is 1.13. The van der Waals surface area contributed by atoms with Crippen molar-refractivity contribution in [2.24, 2.45) is 0 Å². The molecular formula is C22H26N2O3S. The van der Waals surface area contributed by atoms with E-state index in [0.717, 1.165) is 22.2 Å². The number of benzene rings is 2. The van der Waals surface area contributed by atoms with Gasteiger partial charge in [0, 0.05) is 36.1 Å². The van der Waals surface area contributed by atoms with Crippen LogP contribution in [0, 0.1) is 6.92 Å². The zero-order valence-corrected chi connectivity index (χ0v) is 17.6. The number of hydrogen-bond acceptors (Lipinski definition) is 3. The van der Waals surface area contributed by atoms with Crippen molar-refractivity contribution in [1.82, 2.24) is 9.29 Å². The topological polar surface area (TPSA) is 62.4 Å². The van der Waals surface area contributed by atoms with Gasteiger partial charge in [0.2, 0.25) is 10.0 Å². The van der Waals surface area contributed by atoms with Gasteiger partial charge in [0.1, 0.15) is 5.75 Å². The Morgan fingerprint density at radius 2 is 1.93 bits per heavy atom. The number of aryl methyl sites for hydroxylation is 1. The van der Waals surface area contributed by atoms with Crippen LogP contribution in [0.4, 0.5) is 0 Å². The highest BCUT2D eigenvalue weighted by Crippen LogP contribution is 2.33. The molecule has 2 aromatic carbocycles. The fraction of sp³-hybridized carbons (Fsp3) is 0.364. The molecule has 1 aromatic heterocycles. The maximum atomic E-state index is 13.3. The SMILES string of the molecule is COc1ccc(S(=O)(=O)N2CCc3[nH]c4ccc(C(C)C)cc4c3C2)c(C)c1. The van der Waals surface area contributed by atoms with Gasteiger partial charge in [-0.2, -0.15) is 4.31 Å². The van der Waals surface area contributed by atoms with Crippen LogP contribution in [0.5, 0.6) is 5.75 Å². The molecule has 0 radical (unpaired) electrons. The largest absolute Gasteiger partial charge is 0.497 e. The van der Waals surface area contributed by atoms with Crippen molar-refractivity contribution < 1.29 is 13.2 Å². The van der Waals surface area contributed by atoms with Crippen LogP contribution in [0.15, 0.2) is 41.3 Å². The Hall–Kier alpha value is -2.31. The minimum Gasteiger partial charge on any atom is -0.497 e. The first kappa shape index (κ1) is 19.0. The van der Waals surface area contributed by atoms with Crippen LogP contribution in [0.2, 0.25) is 0 Å². The highest BCUT2D eigenvalue weighted by atomic mass is 32.2. The molecule has 0 aliphatic carbocycles. The Balaban J connectivity index is 1.73. The molecule has 5 nitrogen and oxygen atoms in total. The normalized spacial score (nSPS) is 15.2. The second-order valence-electron chi connectivity index (χ2n) is 7.76. The van der Waals surface area contributed by atoms with Crippen molar-refractivity contribution in [3.05, 3.63) is 58.8 Å². The van der Waals surface area contributed by atoms with Gasteiger partial charge in [-0.25, -0.2) is 8.42 Å². The number of nitrogens with zero attached hydrogens (tertiary/aromatic N) is 1. The van der Waals surface area contributed by atoms with Crippen molar-refractivity contribution in [3.8, 4) is 5.75 Å². The lowest BCUT2D eigenvalue weighted by molar-refractivity contribution is 0.390. The van der Waals surface area contributed by atoms with Crippen molar-refractivity contribution in [2.45, 2.75) is 44.6 Å². The predicted octanol–water partition coefficient (Wildman–Crippen LogP) is 4.36. The molecule has 0 amide bonds. The van der Waals surface area contributed by atoms with Crippen LogP contribution in [0.1, 0.15) is 42.1 Å². The summed E-state index contributed by atoms with van der Waals surface area (Å²) in [5.41, 5.74) is 5.29. The molecule has 0 fully saturated rings. The zero-order valence-electron chi connectivity index (χ0n) is 16.7. The number of hydrogen-bond donors (Lipinski definition) is 1. The summed E-state index contributed by atoms with van der Waals surface area (Å²) in [6, 6.07) is 11.6. The van der Waals surface area contributed by atoms with E-state index in [4.69, 9.17) is 4.74 Å². The first-order valence-electron chi connectivity index (χ1n) is 9.59. The quantitative estimate of drug-likeness (QED) is 0.710. The van der Waals surface area contributed by atoms with E-state index in [0.29, 0.717) is 41.6 Å². The summed E-state index contributed by atoms with van der Waals surface area (Å²) in [5.74, 6) is 1.09. The highest BCUT2D eigenvalue weighted by Gasteiger charge is 2.31. The maximum absolute atomic E-state index is 13.3. The fourth-order valence-corrected chi connectivity index (χ4v) is 5.56. The van der Waals surface area contributed by atoms with Gasteiger partial charge in [-0.1, -0.05) is 19.9 Å². The average Bonchev–Trinajstić information content (AvgIpc) is 3.04. The molecular weight excluding hydrogens is 372 g/mol. The number of sulfonamides is 1. The van der Waals surface area contributed by atoms with E-state index in [1.54, 1.807) is 29.6 Å². The molecule has 0 saturated carbocycles. The van der Waals surface area contributed by atoms with Gasteiger partial charge in [0.05, 0.1) is 12.0 Å². The number of aromatic amines is 1. The molecule has 0 spiro atoms. The Morgan fingerprint density at radius 1 is 1.14 bits per heavy atom. The lowest BCUT2D eigenvalue weighted by Gasteiger charge is -2.27. The number of methoxy groups -OCH3 is 1. The molecule has 1 aliphatic rings. The number of ether oxygens (including phenoxy) is 1. The van der Waals surface area contributed by atoms with E-state index < -0.39 is 10.0 Å². The monoisotopic (exact) mass is 398 g/mol. The molecule has 28 heavy (non-hydrogen) atoms. The summed E-state index contributed by atoms with van der Waals surface area (Å²) in [4.78, 5) is 3.83. The second kappa shape index (κ2) is 6.94. The van der Waals surface area contributed by atoms with Gasteiger partial charge < -0.3 is 9.72 Å². The summed E-state index contributed by atoms with van der Waals surface area (Å²) < 4.78 is 33.5. The van der Waals surface area contributed by atoms with Gasteiger partial charge in [0.15, 0.2) is 0 Å². The summed E-state index contributed by atoms with van der Waals surface area (Å²) in [6.07, 6.45) is 0.690. The van der Waals surface area contributed by atoms with Crippen molar-refractivity contribution in [1.29, 1.82) is 0 Å². The van der Waals surface area contributed by atoms with E-state index in [1.165, 1.54) is 5.56 Å². The van der Waals surface area contributed by atoms with Gasteiger partial charge in [0.25, 0.3) is 0 Å². The van der Waals surface area contributed by atoms with Gasteiger partial charge >= 0.3 is 0 Å². The summed E-state index contributed by atoms with van der Waals surface area (Å²) in [7, 11) is -1.99. The van der Waals surface area contributed by atoms with E-state index in [2.05, 4.69) is 37.0 Å². The Kier molecular flexibility index (Phi) is 4.71. The molecule has 3 aromatic rings. The Bertz CT molecular complexity index is 1150. The van der Waals surface area contributed by atoms with E-state index >= 15 is 0 Å².